The van der Waals surface area contributed by atoms with Crippen molar-refractivity contribution in [1.82, 2.24) is 13.9 Å². The fraction of sp³-hybridized carbons (Fsp3) is 0.185. The van der Waals surface area contributed by atoms with E-state index < -0.39 is 23.3 Å². The standard InChI is InChI=1S/C27H20BrN3O6/c1-37-15-7-8-21(32)17(11-15)23-16-9-10-29-26(35)30(14-5-3-2-4-6-14)27(36)31(29)20(16)12-18-24(23)22(33)13-19(28)25(18)34/h2-9,11,13,20,23,32H,10,12H2,1H3. The number of ether oxygens (including phenoxy) is 1. The summed E-state index contributed by atoms with van der Waals surface area (Å²) in [6, 6.07) is 12.6. The summed E-state index contributed by atoms with van der Waals surface area (Å²) in [5, 5.41) is 10.9. The number of phenolic OH excluding ortho intramolecular Hbond substituents is 1. The van der Waals surface area contributed by atoms with Gasteiger partial charge in [-0.2, -0.15) is 0 Å². The number of allylic oxidation sites excluding steroid dienone is 6. The third-order valence-corrected chi connectivity index (χ3v) is 7.75. The van der Waals surface area contributed by atoms with Crippen LogP contribution in [0, 0.1) is 0 Å². The predicted octanol–water partition coefficient (Wildman–Crippen LogP) is 2.91. The van der Waals surface area contributed by atoms with Gasteiger partial charge in [-0.25, -0.2) is 23.5 Å². The third kappa shape index (κ3) is 3.36. The number of nitrogens with zero attached hydrogens (tertiary/aromatic N) is 3. The van der Waals surface area contributed by atoms with Crippen LogP contribution >= 0.6 is 15.9 Å². The van der Waals surface area contributed by atoms with Crippen molar-refractivity contribution in [3.8, 4) is 17.2 Å². The molecule has 0 bridgehead atoms. The van der Waals surface area contributed by atoms with E-state index in [9.17, 15) is 24.3 Å². The lowest BCUT2D eigenvalue weighted by molar-refractivity contribution is -0.115. The molecule has 1 aliphatic heterocycles. The quantitative estimate of drug-likeness (QED) is 0.388. The number of hydrogen-bond acceptors (Lipinski definition) is 6. The van der Waals surface area contributed by atoms with Crippen LogP contribution < -0.4 is 16.1 Å². The molecule has 0 spiro atoms. The summed E-state index contributed by atoms with van der Waals surface area (Å²) in [5.41, 5.74) is 0.914. The van der Waals surface area contributed by atoms with Gasteiger partial charge >= 0.3 is 11.4 Å². The summed E-state index contributed by atoms with van der Waals surface area (Å²) in [7, 11) is 1.49. The number of fused-ring (bicyclic) bond motifs is 3. The number of benzene rings is 2. The summed E-state index contributed by atoms with van der Waals surface area (Å²) in [4.78, 5) is 53.6. The molecule has 2 aliphatic carbocycles. The molecule has 0 amide bonds. The molecule has 2 heterocycles. The molecule has 1 aromatic heterocycles. The lowest BCUT2D eigenvalue weighted by Crippen LogP contribution is -2.40. The number of methoxy groups -OCH3 is 1. The number of aromatic nitrogens is 3. The number of rotatable bonds is 3. The second-order valence-corrected chi connectivity index (χ2v) is 9.88. The number of phenols is 1. The molecule has 186 valence electrons. The number of ketones is 2. The molecule has 9 nitrogen and oxygen atoms in total. The summed E-state index contributed by atoms with van der Waals surface area (Å²) in [5.74, 6) is -1.15. The second kappa shape index (κ2) is 8.45. The number of halogens is 1. The van der Waals surface area contributed by atoms with Crippen molar-refractivity contribution in [2.45, 2.75) is 24.9 Å². The summed E-state index contributed by atoms with van der Waals surface area (Å²) >= 11 is 3.19. The fourth-order valence-electron chi connectivity index (χ4n) is 5.52. The van der Waals surface area contributed by atoms with E-state index in [1.54, 1.807) is 48.5 Å². The Hall–Kier alpha value is -4.18. The van der Waals surface area contributed by atoms with Crippen molar-refractivity contribution in [2.24, 2.45) is 0 Å². The maximum absolute atomic E-state index is 13.7. The maximum Gasteiger partial charge on any atom is 0.352 e. The van der Waals surface area contributed by atoms with Crippen LogP contribution in [-0.4, -0.2) is 37.7 Å². The molecule has 0 saturated heterocycles. The van der Waals surface area contributed by atoms with Gasteiger partial charge in [-0.1, -0.05) is 24.3 Å². The van der Waals surface area contributed by atoms with Crippen molar-refractivity contribution in [3.63, 3.8) is 0 Å². The van der Waals surface area contributed by atoms with E-state index in [4.69, 9.17) is 4.74 Å². The first kappa shape index (κ1) is 23.2. The topological polar surface area (TPSA) is 113 Å². The molecule has 2 unspecified atom stereocenters. The molecule has 3 aliphatic rings. The molecular formula is C27H20BrN3O6. The Balaban J connectivity index is 1.61. The van der Waals surface area contributed by atoms with Crippen LogP contribution in [0.25, 0.3) is 5.69 Å². The first-order chi connectivity index (χ1) is 17.8. The van der Waals surface area contributed by atoms with E-state index in [0.29, 0.717) is 22.6 Å². The SMILES string of the molecule is COc1ccc(O)c(C2C3=CCn4c(=O)n(-c5ccccc5)c(=O)n4C3CC3=C2C(=O)C=C(Br)C3=O)c1. The molecule has 1 N–H and O–H groups in total. The number of carbonyl (C=O) groups is 2. The Morgan fingerprint density at radius 1 is 1.03 bits per heavy atom. The highest BCUT2D eigenvalue weighted by Crippen LogP contribution is 2.52. The Bertz CT molecular complexity index is 1720. The van der Waals surface area contributed by atoms with Crippen molar-refractivity contribution < 1.29 is 19.4 Å². The van der Waals surface area contributed by atoms with Crippen LogP contribution in [0.15, 0.2) is 91.5 Å². The van der Waals surface area contributed by atoms with Crippen molar-refractivity contribution in [1.29, 1.82) is 0 Å². The van der Waals surface area contributed by atoms with Crippen molar-refractivity contribution in [3.05, 3.63) is 108 Å². The minimum Gasteiger partial charge on any atom is -0.508 e. The molecule has 2 aromatic carbocycles. The summed E-state index contributed by atoms with van der Waals surface area (Å²) in [6.07, 6.45) is 3.09. The number of hydrogen-bond donors (Lipinski definition) is 1. The fourth-order valence-corrected chi connectivity index (χ4v) is 5.97. The van der Waals surface area contributed by atoms with Gasteiger partial charge < -0.3 is 9.84 Å². The van der Waals surface area contributed by atoms with Crippen LogP contribution in [-0.2, 0) is 16.1 Å². The average Bonchev–Trinajstić information content (AvgIpc) is 3.16. The molecule has 0 fully saturated rings. The minimum atomic E-state index is -0.812. The minimum absolute atomic E-state index is 0.0497. The molecule has 3 aromatic rings. The average molecular weight is 562 g/mol. The predicted molar refractivity (Wildman–Crippen MR) is 137 cm³/mol. The van der Waals surface area contributed by atoms with Crippen LogP contribution in [0.5, 0.6) is 11.5 Å². The lowest BCUT2D eigenvalue weighted by atomic mass is 9.68. The van der Waals surface area contributed by atoms with Crippen molar-refractivity contribution in [2.75, 3.05) is 7.11 Å². The molecular weight excluding hydrogens is 542 g/mol. The van der Waals surface area contributed by atoms with Crippen LogP contribution in [0.1, 0.15) is 23.9 Å². The van der Waals surface area contributed by atoms with E-state index in [1.807, 2.05) is 0 Å². The van der Waals surface area contributed by atoms with Crippen LogP contribution in [0.4, 0.5) is 0 Å². The molecule has 6 rings (SSSR count). The maximum atomic E-state index is 13.7. The van der Waals surface area contributed by atoms with E-state index in [0.717, 1.165) is 4.57 Å². The van der Waals surface area contributed by atoms with Crippen LogP contribution in [0.3, 0.4) is 0 Å². The number of carbonyl (C=O) groups excluding carboxylic acids is 2. The zero-order valence-electron chi connectivity index (χ0n) is 19.6. The number of para-hydroxylation sites is 1. The second-order valence-electron chi connectivity index (χ2n) is 9.02. The lowest BCUT2D eigenvalue weighted by Gasteiger charge is -2.39. The first-order valence-corrected chi connectivity index (χ1v) is 12.4. The number of Topliss-reactive ketones (excluding diaryl/α,β-unsaturated/α-hetero) is 1. The van der Waals surface area contributed by atoms with E-state index in [2.05, 4.69) is 15.9 Å². The highest BCUT2D eigenvalue weighted by atomic mass is 79.9. The van der Waals surface area contributed by atoms with Gasteiger partial charge in [-0.3, -0.25) is 9.59 Å². The van der Waals surface area contributed by atoms with Gasteiger partial charge in [0.05, 0.1) is 29.9 Å². The Morgan fingerprint density at radius 3 is 2.51 bits per heavy atom. The summed E-state index contributed by atoms with van der Waals surface area (Å²) in [6.45, 7) is 0.0885. The Kier molecular flexibility index (Phi) is 5.30. The van der Waals surface area contributed by atoms with Gasteiger partial charge in [0.2, 0.25) is 0 Å². The largest absolute Gasteiger partial charge is 0.508 e. The molecule has 10 heteroatoms. The summed E-state index contributed by atoms with van der Waals surface area (Å²) < 4.78 is 9.29. The molecule has 2 atom stereocenters. The monoisotopic (exact) mass is 561 g/mol. The Labute approximate surface area is 218 Å². The molecule has 37 heavy (non-hydrogen) atoms. The van der Waals surface area contributed by atoms with Gasteiger partial charge in [-0.15, -0.1) is 0 Å². The third-order valence-electron chi connectivity index (χ3n) is 7.16. The van der Waals surface area contributed by atoms with Gasteiger partial charge in [0.1, 0.15) is 11.5 Å². The van der Waals surface area contributed by atoms with E-state index in [-0.39, 0.29) is 45.9 Å². The van der Waals surface area contributed by atoms with Gasteiger partial charge in [0, 0.05) is 35.1 Å². The smallest absolute Gasteiger partial charge is 0.352 e. The zero-order chi connectivity index (χ0) is 26.0. The van der Waals surface area contributed by atoms with Crippen LogP contribution in [0.2, 0.25) is 0 Å². The van der Waals surface area contributed by atoms with Gasteiger partial charge in [-0.05, 0) is 51.8 Å². The van der Waals surface area contributed by atoms with E-state index >= 15 is 0 Å². The van der Waals surface area contributed by atoms with Gasteiger partial charge in [0.25, 0.3) is 0 Å². The normalized spacial score (nSPS) is 20.6. The number of aromatic hydroxyl groups is 1. The zero-order valence-corrected chi connectivity index (χ0v) is 21.1. The molecule has 0 radical (unpaired) electrons. The van der Waals surface area contributed by atoms with Gasteiger partial charge in [0.15, 0.2) is 11.6 Å². The highest BCUT2D eigenvalue weighted by Gasteiger charge is 2.45. The van der Waals surface area contributed by atoms with E-state index in [1.165, 1.54) is 28.6 Å². The first-order valence-electron chi connectivity index (χ1n) is 11.6. The molecule has 0 saturated carbocycles. The highest BCUT2D eigenvalue weighted by molar-refractivity contribution is 9.12. The van der Waals surface area contributed by atoms with Crippen molar-refractivity contribution >= 4 is 27.5 Å². The Morgan fingerprint density at radius 2 is 1.78 bits per heavy atom.